The summed E-state index contributed by atoms with van der Waals surface area (Å²) in [5.41, 5.74) is 0. The van der Waals surface area contributed by atoms with Crippen LogP contribution in [0, 0.1) is 0 Å². The Morgan fingerprint density at radius 3 is 0.667 bits per heavy atom. The average Bonchev–Trinajstić information content (AvgIpc) is 2.05. The van der Waals surface area contributed by atoms with E-state index in [2.05, 4.69) is 43.7 Å². The summed E-state index contributed by atoms with van der Waals surface area (Å²) < 4.78 is 0. The minimum atomic E-state index is 1.16. The fourth-order valence-electron chi connectivity index (χ4n) is 1.28. The number of hydrogen-bond donors (Lipinski definition) is 0. The zero-order valence-corrected chi connectivity index (χ0v) is 7.71. The SMILES string of the molecule is [B]1C[B]C[B]C[B]C[B]C[B]C1. The van der Waals surface area contributed by atoms with Crippen LogP contribution in [0.4, 0.5) is 0 Å². The van der Waals surface area contributed by atoms with Crippen LogP contribution in [0.5, 0.6) is 0 Å². The lowest BCUT2D eigenvalue weighted by atomic mass is 9.32. The molecule has 0 aliphatic carbocycles. The average molecular weight is 149 g/mol. The Hall–Kier alpha value is 0.390. The Kier molecular flexibility index (Phi) is 6.99. The highest BCUT2D eigenvalue weighted by Gasteiger charge is 2.00. The van der Waals surface area contributed by atoms with Gasteiger partial charge in [0.25, 0.3) is 0 Å². The first-order valence-corrected chi connectivity index (χ1v) is 4.90. The summed E-state index contributed by atoms with van der Waals surface area (Å²) >= 11 is 0. The Bertz CT molecular complexity index is 55.0. The normalized spacial score (nSPS) is 20.0. The molecule has 12 heavy (non-hydrogen) atoms. The zero-order chi connectivity index (χ0) is 8.49. The molecular weight excluding hydrogens is 137 g/mol. The lowest BCUT2D eigenvalue weighted by Gasteiger charge is -2.01. The van der Waals surface area contributed by atoms with Gasteiger partial charge in [0.2, 0.25) is 0 Å². The van der Waals surface area contributed by atoms with Crippen molar-refractivity contribution < 1.29 is 0 Å². The molecule has 1 aliphatic heterocycles. The maximum Gasteiger partial charge on any atom is 0.0913 e. The van der Waals surface area contributed by atoms with E-state index >= 15 is 0 Å². The summed E-state index contributed by atoms with van der Waals surface area (Å²) in [5, 5.41) is 0. The van der Waals surface area contributed by atoms with Gasteiger partial charge in [0.1, 0.15) is 0 Å². The maximum atomic E-state index is 2.34. The molecule has 0 atom stereocenters. The summed E-state index contributed by atoms with van der Waals surface area (Å²) in [4.78, 5) is 0. The van der Waals surface area contributed by atoms with Crippen molar-refractivity contribution in [2.45, 2.75) is 37.3 Å². The van der Waals surface area contributed by atoms with Gasteiger partial charge in [0.15, 0.2) is 0 Å². The minimum absolute atomic E-state index is 1.16. The molecule has 1 aliphatic rings. The molecule has 0 unspecified atom stereocenters. The Morgan fingerprint density at radius 2 is 0.500 bits per heavy atom. The van der Waals surface area contributed by atoms with Gasteiger partial charge in [0, 0.05) is 0 Å². The predicted octanol–water partition coefficient (Wildman–Crippen LogP) is 0.480. The second-order valence-corrected chi connectivity index (χ2v) is 3.15. The molecule has 1 saturated heterocycles. The molecule has 0 spiro atoms. The van der Waals surface area contributed by atoms with E-state index in [-0.39, 0.29) is 0 Å². The molecule has 54 valence electrons. The lowest BCUT2D eigenvalue weighted by molar-refractivity contribution is 1.71. The molecule has 0 aromatic carbocycles. The first-order chi connectivity index (χ1) is 6.00. The second kappa shape index (κ2) is 8.01. The van der Waals surface area contributed by atoms with Gasteiger partial charge >= 0.3 is 0 Å². The topological polar surface area (TPSA) is 0 Å². The van der Waals surface area contributed by atoms with E-state index in [9.17, 15) is 0 Å². The monoisotopic (exact) mass is 150 g/mol. The van der Waals surface area contributed by atoms with Gasteiger partial charge in [0.05, 0.1) is 43.7 Å². The lowest BCUT2D eigenvalue weighted by Crippen LogP contribution is -2.10. The van der Waals surface area contributed by atoms with Gasteiger partial charge in [-0.25, -0.2) is 0 Å². The minimum Gasteiger partial charge on any atom is -0.108 e. The fourth-order valence-corrected chi connectivity index (χ4v) is 1.28. The van der Waals surface area contributed by atoms with E-state index in [0.717, 1.165) is 37.3 Å². The van der Waals surface area contributed by atoms with Crippen molar-refractivity contribution in [3.8, 4) is 0 Å². The Morgan fingerprint density at radius 1 is 0.333 bits per heavy atom. The molecule has 0 aromatic heterocycles. The third kappa shape index (κ3) is 5.97. The fraction of sp³-hybridized carbons (Fsp3) is 1.00. The summed E-state index contributed by atoms with van der Waals surface area (Å²) in [6.07, 6.45) is 6.96. The molecule has 0 N–H and O–H groups in total. The molecule has 0 saturated carbocycles. The maximum absolute atomic E-state index is 2.34. The van der Waals surface area contributed by atoms with E-state index in [1.54, 1.807) is 0 Å². The first kappa shape index (κ1) is 10.5. The molecule has 0 nitrogen and oxygen atoms in total. The molecular formula is C6H12B6. The summed E-state index contributed by atoms with van der Waals surface area (Å²) in [5.74, 6) is 0. The van der Waals surface area contributed by atoms with E-state index < -0.39 is 0 Å². The van der Waals surface area contributed by atoms with Crippen molar-refractivity contribution in [3.63, 3.8) is 0 Å². The quantitative estimate of drug-likeness (QED) is 0.439. The van der Waals surface area contributed by atoms with Crippen LogP contribution >= 0.6 is 0 Å². The van der Waals surface area contributed by atoms with Crippen LogP contribution in [0.1, 0.15) is 0 Å². The molecule has 1 heterocycles. The largest absolute Gasteiger partial charge is 0.108 e. The van der Waals surface area contributed by atoms with Crippen molar-refractivity contribution in [1.29, 1.82) is 0 Å². The van der Waals surface area contributed by atoms with Gasteiger partial charge in [-0.3, -0.25) is 0 Å². The highest BCUT2D eigenvalue weighted by Crippen LogP contribution is 1.95. The van der Waals surface area contributed by atoms with Crippen molar-refractivity contribution >= 4 is 43.7 Å². The van der Waals surface area contributed by atoms with Crippen LogP contribution in [0.2, 0.25) is 37.3 Å². The van der Waals surface area contributed by atoms with Gasteiger partial charge < -0.3 is 0 Å². The van der Waals surface area contributed by atoms with Gasteiger partial charge in [-0.05, 0) is 0 Å². The summed E-state index contributed by atoms with van der Waals surface area (Å²) in [6.45, 7) is 0. The number of hydrogen-bond acceptors (Lipinski definition) is 0. The van der Waals surface area contributed by atoms with Crippen molar-refractivity contribution in [1.82, 2.24) is 0 Å². The smallest absolute Gasteiger partial charge is 0.0913 e. The van der Waals surface area contributed by atoms with Crippen molar-refractivity contribution in [2.24, 2.45) is 0 Å². The molecule has 0 amide bonds. The van der Waals surface area contributed by atoms with Gasteiger partial charge in [-0.2, -0.15) is 0 Å². The molecule has 0 aromatic rings. The van der Waals surface area contributed by atoms with E-state index in [0.29, 0.717) is 0 Å². The van der Waals surface area contributed by atoms with Crippen molar-refractivity contribution in [2.75, 3.05) is 0 Å². The first-order valence-electron chi connectivity index (χ1n) is 4.90. The third-order valence-corrected chi connectivity index (χ3v) is 2.00. The molecule has 1 rings (SSSR count). The molecule has 6 heteroatoms. The predicted molar refractivity (Wildman–Crippen MR) is 63.4 cm³/mol. The van der Waals surface area contributed by atoms with Crippen LogP contribution in [-0.2, 0) is 0 Å². The van der Waals surface area contributed by atoms with E-state index in [4.69, 9.17) is 0 Å². The van der Waals surface area contributed by atoms with Crippen LogP contribution in [0.15, 0.2) is 0 Å². The van der Waals surface area contributed by atoms with E-state index in [1.807, 2.05) is 0 Å². The van der Waals surface area contributed by atoms with Crippen LogP contribution in [0.3, 0.4) is 0 Å². The number of rotatable bonds is 0. The van der Waals surface area contributed by atoms with Gasteiger partial charge in [-0.1, -0.05) is 0 Å². The second-order valence-electron chi connectivity index (χ2n) is 3.15. The Labute approximate surface area is 81.5 Å². The standard InChI is InChI=1S/C6H12B6/c1-7-2-9-4-11-6-12-5-10-3-8-1/h1-6H2. The third-order valence-electron chi connectivity index (χ3n) is 2.00. The van der Waals surface area contributed by atoms with Gasteiger partial charge in [-0.15, -0.1) is 37.3 Å². The molecule has 6 radical (unpaired) electrons. The van der Waals surface area contributed by atoms with Crippen LogP contribution in [0.25, 0.3) is 0 Å². The van der Waals surface area contributed by atoms with E-state index in [1.165, 1.54) is 0 Å². The molecule has 0 bridgehead atoms. The van der Waals surface area contributed by atoms with Crippen LogP contribution < -0.4 is 0 Å². The summed E-state index contributed by atoms with van der Waals surface area (Å²) in [7, 11) is 14.0. The highest BCUT2D eigenvalue weighted by molar-refractivity contribution is 6.75. The van der Waals surface area contributed by atoms with Crippen molar-refractivity contribution in [3.05, 3.63) is 0 Å². The zero-order valence-electron chi connectivity index (χ0n) is 7.71. The highest BCUT2D eigenvalue weighted by atomic mass is 13.5. The van der Waals surface area contributed by atoms with Crippen LogP contribution in [-0.4, -0.2) is 43.7 Å². The summed E-state index contributed by atoms with van der Waals surface area (Å²) in [6, 6.07) is 0. The molecule has 1 fully saturated rings. The Balaban J connectivity index is 2.00.